The zero-order chi connectivity index (χ0) is 18.7. The van der Waals surface area contributed by atoms with Crippen LogP contribution in [0.15, 0.2) is 24.3 Å². The van der Waals surface area contributed by atoms with Crippen molar-refractivity contribution in [3.8, 4) is 0 Å². The van der Waals surface area contributed by atoms with Gasteiger partial charge in [0.15, 0.2) is 0 Å². The van der Waals surface area contributed by atoms with Crippen molar-refractivity contribution in [3.05, 3.63) is 34.9 Å². The molecule has 5 nitrogen and oxygen atoms in total. The maximum atomic E-state index is 12.7. The van der Waals surface area contributed by atoms with Crippen molar-refractivity contribution in [1.29, 1.82) is 0 Å². The Morgan fingerprint density at radius 2 is 2.08 bits per heavy atom. The largest absolute Gasteiger partial charge is 0.378 e. The van der Waals surface area contributed by atoms with Crippen LogP contribution in [0.25, 0.3) is 0 Å². The molecule has 0 spiro atoms. The summed E-state index contributed by atoms with van der Waals surface area (Å²) in [5, 5.41) is 0.694. The second-order valence-corrected chi connectivity index (χ2v) is 7.92. The molecule has 6 heteroatoms. The number of carbonyl (C=O) groups excluding carboxylic acids is 2. The third-order valence-electron chi connectivity index (χ3n) is 5.68. The fourth-order valence-corrected chi connectivity index (χ4v) is 3.88. The third kappa shape index (κ3) is 4.04. The number of halogens is 1. The zero-order valence-electron chi connectivity index (χ0n) is 15.2. The predicted octanol–water partition coefficient (Wildman–Crippen LogP) is 3.45. The SMILES string of the molecule is CC[C@@H](COCC1(C(N)=O)CC1)N1C(=O)CCC[C@H]1c1ccc(Cl)cc1. The molecule has 0 aromatic heterocycles. The lowest BCUT2D eigenvalue weighted by atomic mass is 9.92. The van der Waals surface area contributed by atoms with E-state index in [1.54, 1.807) is 0 Å². The molecule has 142 valence electrons. The first-order valence-electron chi connectivity index (χ1n) is 9.41. The molecule has 1 aliphatic heterocycles. The fourth-order valence-electron chi connectivity index (χ4n) is 3.76. The Bertz CT molecular complexity index is 658. The Kier molecular flexibility index (Phi) is 5.88. The second kappa shape index (κ2) is 7.97. The molecule has 1 heterocycles. The number of carbonyl (C=O) groups is 2. The average molecular weight is 379 g/mol. The highest BCUT2D eigenvalue weighted by Crippen LogP contribution is 2.45. The molecular formula is C20H27ClN2O3. The maximum absolute atomic E-state index is 12.7. The smallest absolute Gasteiger partial charge is 0.225 e. The molecule has 2 aliphatic rings. The number of piperidine rings is 1. The van der Waals surface area contributed by atoms with Gasteiger partial charge in [-0.15, -0.1) is 0 Å². The van der Waals surface area contributed by atoms with E-state index in [0.29, 0.717) is 24.7 Å². The second-order valence-electron chi connectivity index (χ2n) is 7.48. The van der Waals surface area contributed by atoms with Crippen LogP contribution >= 0.6 is 11.6 Å². The van der Waals surface area contributed by atoms with Crippen molar-refractivity contribution in [2.45, 2.75) is 57.5 Å². The minimum Gasteiger partial charge on any atom is -0.378 e. The predicted molar refractivity (Wildman–Crippen MR) is 101 cm³/mol. The van der Waals surface area contributed by atoms with Crippen LogP contribution in [0.3, 0.4) is 0 Å². The highest BCUT2D eigenvalue weighted by Gasteiger charge is 2.49. The van der Waals surface area contributed by atoms with Crippen molar-refractivity contribution in [2.75, 3.05) is 13.2 Å². The van der Waals surface area contributed by atoms with Gasteiger partial charge in [-0.3, -0.25) is 9.59 Å². The number of benzene rings is 1. The minimum atomic E-state index is -0.472. The van der Waals surface area contributed by atoms with Gasteiger partial charge >= 0.3 is 0 Å². The highest BCUT2D eigenvalue weighted by molar-refractivity contribution is 6.30. The summed E-state index contributed by atoms with van der Waals surface area (Å²) in [4.78, 5) is 26.2. The van der Waals surface area contributed by atoms with Crippen LogP contribution in [0, 0.1) is 5.41 Å². The topological polar surface area (TPSA) is 72.6 Å². The van der Waals surface area contributed by atoms with E-state index in [1.165, 1.54) is 0 Å². The molecule has 1 aliphatic carbocycles. The molecule has 1 saturated heterocycles. The molecule has 1 aromatic rings. The summed E-state index contributed by atoms with van der Waals surface area (Å²) in [6.45, 7) is 2.85. The number of ether oxygens (including phenoxy) is 1. The van der Waals surface area contributed by atoms with Crippen LogP contribution in [-0.2, 0) is 14.3 Å². The number of amides is 2. The summed E-state index contributed by atoms with van der Waals surface area (Å²) >= 11 is 6.01. The molecule has 2 fully saturated rings. The Hall–Kier alpha value is -1.59. The van der Waals surface area contributed by atoms with Crippen molar-refractivity contribution < 1.29 is 14.3 Å². The Balaban J connectivity index is 1.69. The van der Waals surface area contributed by atoms with E-state index in [-0.39, 0.29) is 23.9 Å². The van der Waals surface area contributed by atoms with Gasteiger partial charge in [0.05, 0.1) is 30.7 Å². The van der Waals surface area contributed by atoms with Gasteiger partial charge in [-0.25, -0.2) is 0 Å². The number of rotatable bonds is 8. The van der Waals surface area contributed by atoms with Gasteiger partial charge in [0.1, 0.15) is 0 Å². The van der Waals surface area contributed by atoms with E-state index in [1.807, 2.05) is 29.2 Å². The van der Waals surface area contributed by atoms with E-state index < -0.39 is 5.41 Å². The fraction of sp³-hybridized carbons (Fsp3) is 0.600. The molecule has 1 saturated carbocycles. The number of likely N-dealkylation sites (tertiary alicyclic amines) is 1. The summed E-state index contributed by atoms with van der Waals surface area (Å²) in [6, 6.07) is 7.78. The van der Waals surface area contributed by atoms with Crippen LogP contribution < -0.4 is 5.73 Å². The lowest BCUT2D eigenvalue weighted by molar-refractivity contribution is -0.142. The van der Waals surface area contributed by atoms with Crippen molar-refractivity contribution in [1.82, 2.24) is 4.90 Å². The lowest BCUT2D eigenvalue weighted by Crippen LogP contribution is -2.47. The number of primary amides is 1. The summed E-state index contributed by atoms with van der Waals surface area (Å²) in [5.41, 5.74) is 6.10. The number of nitrogens with two attached hydrogens (primary N) is 1. The summed E-state index contributed by atoms with van der Waals surface area (Å²) in [7, 11) is 0. The molecule has 0 bridgehead atoms. The molecule has 1 aromatic carbocycles. The van der Waals surface area contributed by atoms with Crippen molar-refractivity contribution in [2.24, 2.45) is 11.1 Å². The monoisotopic (exact) mass is 378 g/mol. The summed E-state index contributed by atoms with van der Waals surface area (Å²) < 4.78 is 5.86. The Morgan fingerprint density at radius 1 is 1.38 bits per heavy atom. The first kappa shape index (κ1) is 19.2. The van der Waals surface area contributed by atoms with Crippen LogP contribution in [-0.4, -0.2) is 36.0 Å². The molecule has 3 rings (SSSR count). The van der Waals surface area contributed by atoms with Gasteiger partial charge in [0.25, 0.3) is 0 Å². The van der Waals surface area contributed by atoms with Gasteiger partial charge in [0.2, 0.25) is 11.8 Å². The average Bonchev–Trinajstić information content (AvgIpc) is 3.41. The molecular weight excluding hydrogens is 352 g/mol. The van der Waals surface area contributed by atoms with Gasteiger partial charge in [-0.1, -0.05) is 30.7 Å². The molecule has 2 amide bonds. The molecule has 0 radical (unpaired) electrons. The van der Waals surface area contributed by atoms with Crippen LogP contribution in [0.5, 0.6) is 0 Å². The number of hydrogen-bond donors (Lipinski definition) is 1. The first-order valence-corrected chi connectivity index (χ1v) is 9.79. The van der Waals surface area contributed by atoms with E-state index >= 15 is 0 Å². The molecule has 26 heavy (non-hydrogen) atoms. The normalized spacial score (nSPS) is 22.9. The maximum Gasteiger partial charge on any atom is 0.225 e. The third-order valence-corrected chi connectivity index (χ3v) is 5.93. The first-order chi connectivity index (χ1) is 12.5. The van der Waals surface area contributed by atoms with Crippen LogP contribution in [0.1, 0.15) is 57.1 Å². The van der Waals surface area contributed by atoms with E-state index in [0.717, 1.165) is 37.7 Å². The van der Waals surface area contributed by atoms with Gasteiger partial charge in [-0.2, -0.15) is 0 Å². The number of nitrogens with zero attached hydrogens (tertiary/aromatic N) is 1. The van der Waals surface area contributed by atoms with Crippen molar-refractivity contribution >= 4 is 23.4 Å². The summed E-state index contributed by atoms with van der Waals surface area (Å²) in [5.74, 6) is -0.110. The zero-order valence-corrected chi connectivity index (χ0v) is 16.0. The van der Waals surface area contributed by atoms with Crippen LogP contribution in [0.4, 0.5) is 0 Å². The highest BCUT2D eigenvalue weighted by atomic mass is 35.5. The van der Waals surface area contributed by atoms with Crippen molar-refractivity contribution in [3.63, 3.8) is 0 Å². The lowest BCUT2D eigenvalue weighted by Gasteiger charge is -2.41. The Morgan fingerprint density at radius 3 is 2.65 bits per heavy atom. The number of hydrogen-bond acceptors (Lipinski definition) is 3. The molecule has 2 atom stereocenters. The van der Waals surface area contributed by atoms with E-state index in [9.17, 15) is 9.59 Å². The Labute approximate surface area is 159 Å². The molecule has 0 unspecified atom stereocenters. The van der Waals surface area contributed by atoms with Gasteiger partial charge in [-0.05, 0) is 49.8 Å². The van der Waals surface area contributed by atoms with Gasteiger partial charge in [0, 0.05) is 11.4 Å². The molecule has 2 N–H and O–H groups in total. The standard InChI is InChI=1S/C20H27ClN2O3/c1-2-16(12-26-13-20(10-11-20)19(22)25)23-17(4-3-5-18(23)24)14-6-8-15(21)9-7-14/h6-9,16-17H,2-5,10-13H2,1H3,(H2,22,25)/t16-,17-/m0/s1. The minimum absolute atomic E-state index is 0.00726. The van der Waals surface area contributed by atoms with Gasteiger partial charge < -0.3 is 15.4 Å². The van der Waals surface area contributed by atoms with E-state index in [4.69, 9.17) is 22.1 Å². The van der Waals surface area contributed by atoms with E-state index in [2.05, 4.69) is 6.92 Å². The van der Waals surface area contributed by atoms with Crippen LogP contribution in [0.2, 0.25) is 5.02 Å². The summed E-state index contributed by atoms with van der Waals surface area (Å²) in [6.07, 6.45) is 4.81. The quantitative estimate of drug-likeness (QED) is 0.752.